The van der Waals surface area contributed by atoms with Crippen molar-refractivity contribution in [2.24, 2.45) is 0 Å². The maximum Gasteiger partial charge on any atom is 1.00 e. The van der Waals surface area contributed by atoms with E-state index in [-0.39, 0.29) is 25.5 Å². The van der Waals surface area contributed by atoms with E-state index in [1.54, 1.807) is 6.20 Å². The molecule has 0 saturated carbocycles. The number of hydrogen-bond acceptors (Lipinski definition) is 5. The Morgan fingerprint density at radius 3 is 2.62 bits per heavy atom. The van der Waals surface area contributed by atoms with Crippen molar-refractivity contribution < 1.29 is 24.0 Å². The molecule has 0 fully saturated rings. The third-order valence-corrected chi connectivity index (χ3v) is 4.18. The van der Waals surface area contributed by atoms with Crippen molar-refractivity contribution in [3.8, 4) is 0 Å². The first kappa shape index (κ1) is 20.5. The number of nitrogens with one attached hydrogen (secondary N) is 1. The Labute approximate surface area is 166 Å². The van der Waals surface area contributed by atoms with Crippen LogP contribution in [0.25, 0.3) is 10.9 Å². The number of aliphatic hydroxyl groups excluding tert-OH is 1. The van der Waals surface area contributed by atoms with Gasteiger partial charge in [0, 0.05) is 36.1 Å². The number of pyridine rings is 1. The van der Waals surface area contributed by atoms with Gasteiger partial charge >= 0.3 is 18.9 Å². The van der Waals surface area contributed by atoms with Gasteiger partial charge in [-0.05, 0) is 37.6 Å². The molecule has 2 N–H and O–H groups in total. The summed E-state index contributed by atoms with van der Waals surface area (Å²) in [5.41, 5.74) is 3.94. The molecule has 132 valence electrons. The van der Waals surface area contributed by atoms with Crippen molar-refractivity contribution in [2.75, 3.05) is 25.0 Å². The Morgan fingerprint density at radius 2 is 1.92 bits per heavy atom. The first-order chi connectivity index (χ1) is 12.2. The standard InChI is InChI=1S/C19H24N5O.Li/c1-3-10-24(11-12-25)13-15-4-6-16(7-5-15)21-19-18-14(2)22-23-17(18)8-9-20-19;/h4-9,25H,3,10-13H2,1-2H3,(H-,20,21,22,23);/q-1;+1. The van der Waals surface area contributed by atoms with Crippen molar-refractivity contribution >= 4 is 22.4 Å². The number of aliphatic hydroxyl groups is 1. The van der Waals surface area contributed by atoms with E-state index in [2.05, 4.69) is 56.6 Å². The largest absolute Gasteiger partial charge is 1.00 e. The van der Waals surface area contributed by atoms with Crippen LogP contribution in [0.3, 0.4) is 0 Å². The van der Waals surface area contributed by atoms with Crippen molar-refractivity contribution in [3.63, 3.8) is 0 Å². The summed E-state index contributed by atoms with van der Waals surface area (Å²) in [6.45, 7) is 6.82. The topological polar surface area (TPSA) is 75.4 Å². The second kappa shape index (κ2) is 9.74. The summed E-state index contributed by atoms with van der Waals surface area (Å²) in [5.74, 6) is 0.778. The molecule has 0 aliphatic carbocycles. The van der Waals surface area contributed by atoms with Gasteiger partial charge in [-0.25, -0.2) is 4.98 Å². The number of benzene rings is 1. The first-order valence-corrected chi connectivity index (χ1v) is 8.65. The van der Waals surface area contributed by atoms with Crippen LogP contribution in [0.2, 0.25) is 0 Å². The van der Waals surface area contributed by atoms with Crippen LogP contribution in [-0.2, 0) is 6.54 Å². The van der Waals surface area contributed by atoms with Crippen LogP contribution < -0.4 is 29.3 Å². The van der Waals surface area contributed by atoms with Crippen LogP contribution >= 0.6 is 0 Å². The fraction of sp³-hybridized carbons (Fsp3) is 0.368. The minimum atomic E-state index is 0. The predicted molar refractivity (Wildman–Crippen MR) is 100.0 cm³/mol. The van der Waals surface area contributed by atoms with E-state index < -0.39 is 0 Å². The van der Waals surface area contributed by atoms with Gasteiger partial charge in [-0.2, -0.15) is 0 Å². The monoisotopic (exact) mass is 345 g/mol. The second-order valence-corrected chi connectivity index (χ2v) is 6.16. The Morgan fingerprint density at radius 1 is 1.15 bits per heavy atom. The van der Waals surface area contributed by atoms with E-state index in [9.17, 15) is 5.11 Å². The summed E-state index contributed by atoms with van der Waals surface area (Å²) in [7, 11) is 0. The zero-order valence-electron chi connectivity index (χ0n) is 15.7. The van der Waals surface area contributed by atoms with Crippen molar-refractivity contribution in [1.29, 1.82) is 0 Å². The quantitative estimate of drug-likeness (QED) is 0.553. The number of hydrogen-bond donors (Lipinski definition) is 2. The molecule has 0 aliphatic heterocycles. The Kier molecular flexibility index (Phi) is 7.67. The molecule has 1 aromatic carbocycles. The van der Waals surface area contributed by atoms with E-state index in [0.717, 1.165) is 47.6 Å². The smallest absolute Gasteiger partial charge is 0.575 e. The summed E-state index contributed by atoms with van der Waals surface area (Å²) >= 11 is 0. The van der Waals surface area contributed by atoms with Gasteiger partial charge in [0.15, 0.2) is 0 Å². The molecular formula is C19H24LiN5O. The van der Waals surface area contributed by atoms with Crippen molar-refractivity contribution in [1.82, 2.24) is 20.1 Å². The van der Waals surface area contributed by atoms with Crippen LogP contribution in [0.15, 0.2) is 36.5 Å². The zero-order chi connectivity index (χ0) is 17.6. The van der Waals surface area contributed by atoms with E-state index in [1.165, 1.54) is 5.56 Å². The van der Waals surface area contributed by atoms with Gasteiger partial charge in [0.2, 0.25) is 0 Å². The number of aromatic nitrogens is 3. The number of nitrogens with zero attached hydrogens (tertiary/aromatic N) is 4. The van der Waals surface area contributed by atoms with E-state index in [0.29, 0.717) is 6.54 Å². The zero-order valence-corrected chi connectivity index (χ0v) is 15.7. The molecular weight excluding hydrogens is 321 g/mol. The Hall–Kier alpha value is -1.84. The van der Waals surface area contributed by atoms with Crippen LogP contribution in [0.5, 0.6) is 0 Å². The molecule has 0 saturated heterocycles. The number of rotatable bonds is 8. The number of aryl methyl sites for hydroxylation is 1. The van der Waals surface area contributed by atoms with Gasteiger partial charge in [-0.1, -0.05) is 25.1 Å². The van der Waals surface area contributed by atoms with Gasteiger partial charge in [-0.15, -0.1) is 5.52 Å². The predicted octanol–water partition coefficient (Wildman–Crippen LogP) is -0.153. The molecule has 0 aliphatic rings. The molecule has 3 aromatic rings. The molecule has 0 bridgehead atoms. The fourth-order valence-corrected chi connectivity index (χ4v) is 2.98. The summed E-state index contributed by atoms with van der Waals surface area (Å²) in [6, 6.07) is 10.2. The maximum atomic E-state index is 9.17. The molecule has 0 radical (unpaired) electrons. The van der Waals surface area contributed by atoms with Crippen LogP contribution in [0.4, 0.5) is 11.5 Å². The minimum absolute atomic E-state index is 0. The van der Waals surface area contributed by atoms with E-state index in [1.807, 2.05) is 13.0 Å². The SMILES string of the molecule is CCCN(CCO)Cc1ccc(Nc2nccc3[n-]nc(C)c23)cc1.[Li+]. The van der Waals surface area contributed by atoms with Gasteiger partial charge in [0.25, 0.3) is 0 Å². The van der Waals surface area contributed by atoms with Gasteiger partial charge in [-0.3, -0.25) is 4.90 Å². The van der Waals surface area contributed by atoms with Crippen molar-refractivity contribution in [2.45, 2.75) is 26.8 Å². The second-order valence-electron chi connectivity index (χ2n) is 6.16. The fourth-order valence-electron chi connectivity index (χ4n) is 2.98. The first-order valence-electron chi connectivity index (χ1n) is 8.65. The van der Waals surface area contributed by atoms with Crippen LogP contribution in [0, 0.1) is 6.92 Å². The van der Waals surface area contributed by atoms with E-state index in [4.69, 9.17) is 0 Å². The Bertz CT molecular complexity index is 812. The van der Waals surface area contributed by atoms with Crippen molar-refractivity contribution in [3.05, 3.63) is 47.8 Å². The maximum absolute atomic E-state index is 9.17. The third kappa shape index (κ3) is 4.86. The molecule has 0 atom stereocenters. The molecule has 2 heterocycles. The average Bonchev–Trinajstić information content (AvgIpc) is 2.99. The summed E-state index contributed by atoms with van der Waals surface area (Å²) in [4.78, 5) is 6.69. The molecule has 26 heavy (non-hydrogen) atoms. The third-order valence-electron chi connectivity index (χ3n) is 4.18. The van der Waals surface area contributed by atoms with Gasteiger partial charge in [0.1, 0.15) is 5.82 Å². The molecule has 7 heteroatoms. The number of anilines is 2. The van der Waals surface area contributed by atoms with Crippen LogP contribution in [0.1, 0.15) is 24.6 Å². The Balaban J connectivity index is 0.00000243. The van der Waals surface area contributed by atoms with Gasteiger partial charge in [0.05, 0.1) is 6.61 Å². The van der Waals surface area contributed by atoms with Gasteiger partial charge < -0.3 is 20.6 Å². The average molecular weight is 345 g/mol. The normalized spacial score (nSPS) is 10.9. The summed E-state index contributed by atoms with van der Waals surface area (Å²) in [6.07, 6.45) is 2.82. The molecule has 0 spiro atoms. The molecule has 0 unspecified atom stereocenters. The summed E-state index contributed by atoms with van der Waals surface area (Å²) < 4.78 is 0. The summed E-state index contributed by atoms with van der Waals surface area (Å²) in [5, 5.41) is 21.8. The molecule has 0 amide bonds. The van der Waals surface area contributed by atoms with Crippen LogP contribution in [-0.4, -0.2) is 39.8 Å². The molecule has 2 aromatic heterocycles. The minimum Gasteiger partial charge on any atom is -0.575 e. The molecule has 3 rings (SSSR count). The molecule has 6 nitrogen and oxygen atoms in total. The van der Waals surface area contributed by atoms with E-state index >= 15 is 0 Å². The number of fused-ring (bicyclic) bond motifs is 1.